The molecule has 0 saturated carbocycles. The highest BCUT2D eigenvalue weighted by Gasteiger charge is 2.33. The van der Waals surface area contributed by atoms with Crippen molar-refractivity contribution in [3.05, 3.63) is 99.8 Å². The summed E-state index contributed by atoms with van der Waals surface area (Å²) in [6.07, 6.45) is 0.700. The number of hydrogen-bond acceptors (Lipinski definition) is 2. The Bertz CT molecular complexity index is 1050. The Morgan fingerprint density at radius 3 is 2.19 bits per heavy atom. The number of halogens is 3. The van der Waals surface area contributed by atoms with Gasteiger partial charge in [0.05, 0.1) is 0 Å². The van der Waals surface area contributed by atoms with Crippen molar-refractivity contribution in [3.63, 3.8) is 0 Å². The highest BCUT2D eigenvalue weighted by molar-refractivity contribution is 6.30. The predicted octanol–water partition coefficient (Wildman–Crippen LogP) is 6.82. The smallest absolute Gasteiger partial charge is 0.263 e. The van der Waals surface area contributed by atoms with Crippen molar-refractivity contribution in [2.45, 2.75) is 44.8 Å². The van der Waals surface area contributed by atoms with Gasteiger partial charge < -0.3 is 10.1 Å². The summed E-state index contributed by atoms with van der Waals surface area (Å²) in [6, 6.07) is 20.9. The summed E-state index contributed by atoms with van der Waals surface area (Å²) >= 11 is 12.1. The Morgan fingerprint density at radius 1 is 1.00 bits per heavy atom. The Labute approximate surface area is 198 Å². The molecule has 0 aliphatic rings. The van der Waals surface area contributed by atoms with E-state index in [0.717, 1.165) is 11.1 Å². The second-order valence-corrected chi connectivity index (χ2v) is 9.19. The molecule has 2 atom stereocenters. The summed E-state index contributed by atoms with van der Waals surface area (Å²) in [5.41, 5.74) is 0.971. The lowest BCUT2D eigenvalue weighted by molar-refractivity contribution is -0.135. The number of rotatable bonds is 8. The molecule has 6 heteroatoms. The van der Waals surface area contributed by atoms with E-state index in [4.69, 9.17) is 27.9 Å². The molecule has 0 aliphatic carbocycles. The molecule has 3 nitrogen and oxygen atoms in total. The van der Waals surface area contributed by atoms with Crippen molar-refractivity contribution in [1.82, 2.24) is 5.32 Å². The quantitative estimate of drug-likeness (QED) is 0.389. The number of nitrogens with one attached hydrogen (secondary N) is 1. The molecule has 0 heterocycles. The highest BCUT2D eigenvalue weighted by atomic mass is 35.5. The monoisotopic (exact) mass is 473 g/mol. The second-order valence-electron chi connectivity index (χ2n) is 8.32. The van der Waals surface area contributed by atoms with E-state index in [1.807, 2.05) is 55.5 Å². The molecule has 0 fully saturated rings. The summed E-state index contributed by atoms with van der Waals surface area (Å²) < 4.78 is 19.3. The van der Waals surface area contributed by atoms with E-state index in [0.29, 0.717) is 22.2 Å². The first-order valence-electron chi connectivity index (χ1n) is 10.4. The minimum Gasteiger partial charge on any atom is -0.478 e. The first-order chi connectivity index (χ1) is 15.1. The first-order valence-corrected chi connectivity index (χ1v) is 11.1. The third-order valence-electron chi connectivity index (χ3n) is 5.35. The molecule has 0 aliphatic heterocycles. The van der Waals surface area contributed by atoms with Crippen LogP contribution in [0.4, 0.5) is 4.39 Å². The molecule has 3 rings (SSSR count). The molecule has 1 amide bonds. The average molecular weight is 474 g/mol. The molecule has 168 valence electrons. The molecule has 1 N–H and O–H groups in total. The molecule has 0 saturated heterocycles. The van der Waals surface area contributed by atoms with Crippen LogP contribution in [0.25, 0.3) is 0 Å². The zero-order chi connectivity index (χ0) is 23.3. The van der Waals surface area contributed by atoms with Crippen molar-refractivity contribution in [2.75, 3.05) is 0 Å². The number of benzene rings is 3. The van der Waals surface area contributed by atoms with Crippen LogP contribution in [0.1, 0.15) is 37.8 Å². The Hall–Kier alpha value is -2.56. The van der Waals surface area contributed by atoms with E-state index in [2.05, 4.69) is 5.32 Å². The van der Waals surface area contributed by atoms with Gasteiger partial charge in [-0.2, -0.15) is 0 Å². The fourth-order valence-electron chi connectivity index (χ4n) is 3.52. The van der Waals surface area contributed by atoms with Gasteiger partial charge in [0.2, 0.25) is 0 Å². The molecular formula is C26H26Cl2FNO2. The average Bonchev–Trinajstić information content (AvgIpc) is 2.73. The Balaban J connectivity index is 1.78. The second kappa shape index (κ2) is 10.4. The van der Waals surface area contributed by atoms with Crippen molar-refractivity contribution in [3.8, 4) is 5.75 Å². The van der Waals surface area contributed by atoms with Gasteiger partial charge in [0.25, 0.3) is 5.91 Å². The molecule has 0 aromatic heterocycles. The van der Waals surface area contributed by atoms with E-state index in [9.17, 15) is 9.18 Å². The zero-order valence-corrected chi connectivity index (χ0v) is 19.8. The summed E-state index contributed by atoms with van der Waals surface area (Å²) in [7, 11) is 0. The lowest BCUT2D eigenvalue weighted by Crippen LogP contribution is -2.51. The maximum absolute atomic E-state index is 13.5. The molecule has 2 unspecified atom stereocenters. The Morgan fingerprint density at radius 2 is 1.59 bits per heavy atom. The van der Waals surface area contributed by atoms with Gasteiger partial charge in [0.1, 0.15) is 11.6 Å². The van der Waals surface area contributed by atoms with E-state index in [1.54, 1.807) is 26.0 Å². The van der Waals surface area contributed by atoms with Gasteiger partial charge in [-0.1, -0.05) is 53.5 Å². The van der Waals surface area contributed by atoms with E-state index in [1.165, 1.54) is 12.1 Å². The molecule has 32 heavy (non-hydrogen) atoms. The van der Waals surface area contributed by atoms with Gasteiger partial charge in [-0.25, -0.2) is 4.39 Å². The van der Waals surface area contributed by atoms with Crippen LogP contribution >= 0.6 is 23.2 Å². The normalized spacial score (nSPS) is 13.3. The van der Waals surface area contributed by atoms with Crippen LogP contribution in [0.15, 0.2) is 72.8 Å². The zero-order valence-electron chi connectivity index (χ0n) is 18.2. The fraction of sp³-hybridized carbons (Fsp3) is 0.269. The van der Waals surface area contributed by atoms with Gasteiger partial charge >= 0.3 is 0 Å². The van der Waals surface area contributed by atoms with Crippen LogP contribution in [-0.2, 0) is 11.2 Å². The Kier molecular flexibility index (Phi) is 7.81. The number of carbonyl (C=O) groups is 1. The number of amides is 1. The number of hydrogen-bond donors (Lipinski definition) is 1. The molecule has 0 bridgehead atoms. The summed E-state index contributed by atoms with van der Waals surface area (Å²) in [4.78, 5) is 13.1. The van der Waals surface area contributed by atoms with Crippen LogP contribution in [0.3, 0.4) is 0 Å². The predicted molar refractivity (Wildman–Crippen MR) is 128 cm³/mol. The van der Waals surface area contributed by atoms with E-state index < -0.39 is 11.4 Å². The first kappa shape index (κ1) is 24.1. The molecule has 0 spiro atoms. The number of ether oxygens (including phenoxy) is 1. The topological polar surface area (TPSA) is 38.3 Å². The lowest BCUT2D eigenvalue weighted by atomic mass is 9.86. The minimum absolute atomic E-state index is 0.0117. The van der Waals surface area contributed by atoms with Gasteiger partial charge in [-0.15, -0.1) is 0 Å². The van der Waals surface area contributed by atoms with Gasteiger partial charge in [-0.05, 0) is 74.7 Å². The molecular weight excluding hydrogens is 448 g/mol. The summed E-state index contributed by atoms with van der Waals surface area (Å²) in [5.74, 6) is -0.419. The summed E-state index contributed by atoms with van der Waals surface area (Å²) in [5, 5.41) is 4.41. The van der Waals surface area contributed by atoms with Crippen LogP contribution < -0.4 is 10.1 Å². The van der Waals surface area contributed by atoms with Crippen LogP contribution in [0, 0.1) is 5.82 Å². The van der Waals surface area contributed by atoms with Crippen LogP contribution in [-0.4, -0.2) is 17.6 Å². The molecule has 3 aromatic carbocycles. The molecule has 0 radical (unpaired) electrons. The number of carbonyl (C=O) groups excluding carboxylic acids is 1. The lowest BCUT2D eigenvalue weighted by Gasteiger charge is -2.31. The standard InChI is InChI=1S/C26H26Cl2FNO2/c1-17(30-25(31)26(2,3)32-23-6-4-5-22(29)16-23)24(19-9-13-21(28)14-10-19)15-18-7-11-20(27)12-8-18/h4-14,16-17,24H,15H2,1-3H3,(H,30,31). The summed E-state index contributed by atoms with van der Waals surface area (Å²) in [6.45, 7) is 5.29. The fourth-order valence-corrected chi connectivity index (χ4v) is 3.77. The van der Waals surface area contributed by atoms with Crippen molar-refractivity contribution in [2.24, 2.45) is 0 Å². The SMILES string of the molecule is CC(NC(=O)C(C)(C)Oc1cccc(F)c1)C(Cc1ccc(Cl)cc1)c1ccc(Cl)cc1. The maximum atomic E-state index is 13.5. The van der Waals surface area contributed by atoms with Gasteiger partial charge in [0, 0.05) is 28.1 Å². The van der Waals surface area contributed by atoms with Crippen molar-refractivity contribution >= 4 is 29.1 Å². The maximum Gasteiger partial charge on any atom is 0.263 e. The largest absolute Gasteiger partial charge is 0.478 e. The third kappa shape index (κ3) is 6.47. The minimum atomic E-state index is -1.19. The van der Waals surface area contributed by atoms with Gasteiger partial charge in [-0.3, -0.25) is 4.79 Å². The van der Waals surface area contributed by atoms with Crippen molar-refractivity contribution < 1.29 is 13.9 Å². The molecule has 3 aromatic rings. The van der Waals surface area contributed by atoms with E-state index >= 15 is 0 Å². The van der Waals surface area contributed by atoms with Crippen molar-refractivity contribution in [1.29, 1.82) is 0 Å². The third-order valence-corrected chi connectivity index (χ3v) is 5.85. The highest BCUT2D eigenvalue weighted by Crippen LogP contribution is 2.28. The van der Waals surface area contributed by atoms with Crippen LogP contribution in [0.2, 0.25) is 10.0 Å². The van der Waals surface area contributed by atoms with Crippen LogP contribution in [0.5, 0.6) is 5.75 Å². The van der Waals surface area contributed by atoms with E-state index in [-0.39, 0.29) is 17.9 Å². The van der Waals surface area contributed by atoms with Gasteiger partial charge in [0.15, 0.2) is 5.60 Å².